The number of alkyl halides is 6. The number of nitrogens with zero attached hydrogens (tertiary/aromatic N) is 4. The molecule has 1 aliphatic rings. The van der Waals surface area contributed by atoms with Crippen LogP contribution >= 0.6 is 0 Å². The number of carbonyl (C=O) groups is 2. The molecule has 2 aromatic heterocycles. The molecule has 2 amide bonds. The molecule has 1 saturated heterocycles. The van der Waals surface area contributed by atoms with E-state index in [-0.39, 0.29) is 26.2 Å². The van der Waals surface area contributed by atoms with Gasteiger partial charge in [0.1, 0.15) is 24.2 Å². The van der Waals surface area contributed by atoms with Gasteiger partial charge in [-0.1, -0.05) is 0 Å². The van der Waals surface area contributed by atoms with E-state index in [1.165, 1.54) is 9.80 Å². The Morgan fingerprint density at radius 2 is 1.00 bits per heavy atom. The number of hydrogen-bond donors (Lipinski definition) is 0. The van der Waals surface area contributed by atoms with Crippen LogP contribution in [0.15, 0.2) is 46.2 Å². The zero-order chi connectivity index (χ0) is 25.3. The average Bonchev–Trinajstić information content (AvgIpc) is 2.75. The maximum absolute atomic E-state index is 12.9. The van der Waals surface area contributed by atoms with Crippen molar-refractivity contribution in [3.63, 3.8) is 0 Å². The van der Waals surface area contributed by atoms with E-state index in [1.807, 2.05) is 0 Å². The molecule has 0 spiro atoms. The van der Waals surface area contributed by atoms with Crippen molar-refractivity contribution < 1.29 is 35.9 Å². The lowest BCUT2D eigenvalue weighted by Gasteiger charge is -2.35. The zero-order valence-electron chi connectivity index (χ0n) is 17.4. The second-order valence-electron chi connectivity index (χ2n) is 7.47. The van der Waals surface area contributed by atoms with Crippen molar-refractivity contribution in [3.8, 4) is 0 Å². The van der Waals surface area contributed by atoms with Gasteiger partial charge in [0.05, 0.1) is 0 Å². The maximum atomic E-state index is 12.9. The Morgan fingerprint density at radius 1 is 0.676 bits per heavy atom. The van der Waals surface area contributed by atoms with Crippen LogP contribution < -0.4 is 11.1 Å². The molecule has 0 bridgehead atoms. The van der Waals surface area contributed by atoms with E-state index in [2.05, 4.69) is 0 Å². The normalized spacial score (nSPS) is 14.9. The predicted molar refractivity (Wildman–Crippen MR) is 105 cm³/mol. The first-order valence-electron chi connectivity index (χ1n) is 9.88. The van der Waals surface area contributed by atoms with E-state index >= 15 is 0 Å². The lowest BCUT2D eigenvalue weighted by Crippen LogP contribution is -2.52. The molecule has 184 valence electrons. The van der Waals surface area contributed by atoms with E-state index in [9.17, 15) is 45.5 Å². The Bertz CT molecular complexity index is 1100. The first-order valence-corrected chi connectivity index (χ1v) is 9.88. The largest absolute Gasteiger partial charge is 0.421 e. The number of amides is 2. The Morgan fingerprint density at radius 3 is 1.29 bits per heavy atom. The maximum Gasteiger partial charge on any atom is 0.421 e. The summed E-state index contributed by atoms with van der Waals surface area (Å²) in [4.78, 5) is 51.4. The first kappa shape index (κ1) is 25.1. The van der Waals surface area contributed by atoms with Crippen LogP contribution in [0.4, 0.5) is 26.3 Å². The first-order chi connectivity index (χ1) is 15.8. The topological polar surface area (TPSA) is 84.6 Å². The molecular weight excluding hydrogens is 474 g/mol. The predicted octanol–water partition coefficient (Wildman–Crippen LogP) is 1.42. The minimum absolute atomic E-state index is 0.00419. The monoisotopic (exact) mass is 492 g/mol. The summed E-state index contributed by atoms with van der Waals surface area (Å²) in [7, 11) is 0. The van der Waals surface area contributed by atoms with Crippen LogP contribution in [0.3, 0.4) is 0 Å². The lowest BCUT2D eigenvalue weighted by molar-refractivity contribution is -0.141. The Balaban J connectivity index is 1.61. The van der Waals surface area contributed by atoms with Crippen LogP contribution in [0.5, 0.6) is 0 Å². The highest BCUT2D eigenvalue weighted by Crippen LogP contribution is 2.26. The van der Waals surface area contributed by atoms with E-state index in [0.29, 0.717) is 21.3 Å². The number of hydrogen-bond acceptors (Lipinski definition) is 4. The minimum Gasteiger partial charge on any atom is -0.338 e. The van der Waals surface area contributed by atoms with Gasteiger partial charge in [0.2, 0.25) is 11.8 Å². The average molecular weight is 492 g/mol. The molecule has 3 heterocycles. The van der Waals surface area contributed by atoms with E-state index in [1.54, 1.807) is 0 Å². The molecule has 0 unspecified atom stereocenters. The summed E-state index contributed by atoms with van der Waals surface area (Å²) in [5.41, 5.74) is -5.52. The summed E-state index contributed by atoms with van der Waals surface area (Å²) < 4.78 is 78.6. The molecule has 1 aliphatic heterocycles. The van der Waals surface area contributed by atoms with Crippen molar-refractivity contribution >= 4 is 11.8 Å². The fraction of sp³-hybridized carbons (Fsp3) is 0.400. The second-order valence-corrected chi connectivity index (χ2v) is 7.47. The van der Waals surface area contributed by atoms with E-state index in [0.717, 1.165) is 24.5 Å². The standard InChI is InChI=1S/C20H18F6N4O4/c21-19(22,23)13-3-1-5-29(17(13)33)11-15(31)27-7-9-28(10-8-27)16(32)12-30-6-2-4-14(18(30)34)20(24,25)26/h1-6H,7-12H2. The summed E-state index contributed by atoms with van der Waals surface area (Å²) in [5.74, 6) is -1.27. The molecule has 0 aliphatic carbocycles. The Kier molecular flexibility index (Phi) is 6.89. The number of carbonyl (C=O) groups excluding carboxylic acids is 2. The smallest absolute Gasteiger partial charge is 0.338 e. The van der Waals surface area contributed by atoms with E-state index < -0.39 is 59.5 Å². The van der Waals surface area contributed by atoms with Crippen LogP contribution in [0.25, 0.3) is 0 Å². The summed E-state index contributed by atoms with van der Waals surface area (Å²) in [6.45, 7) is -1.27. The molecule has 3 rings (SSSR count). The molecule has 0 N–H and O–H groups in total. The second kappa shape index (κ2) is 9.35. The van der Waals surface area contributed by atoms with Crippen molar-refractivity contribution in [1.29, 1.82) is 0 Å². The molecule has 0 radical (unpaired) electrons. The highest BCUT2D eigenvalue weighted by Gasteiger charge is 2.35. The van der Waals surface area contributed by atoms with Gasteiger partial charge in [-0.05, 0) is 24.3 Å². The third-order valence-corrected chi connectivity index (χ3v) is 5.25. The number of pyridine rings is 2. The zero-order valence-corrected chi connectivity index (χ0v) is 17.4. The van der Waals surface area contributed by atoms with Gasteiger partial charge in [0.15, 0.2) is 0 Å². The van der Waals surface area contributed by atoms with Gasteiger partial charge in [-0.25, -0.2) is 0 Å². The molecule has 0 atom stereocenters. The quantitative estimate of drug-likeness (QED) is 0.605. The summed E-state index contributed by atoms with van der Waals surface area (Å²) in [6, 6.07) is 3.24. The fourth-order valence-corrected chi connectivity index (χ4v) is 3.45. The van der Waals surface area contributed by atoms with Crippen molar-refractivity contribution in [2.75, 3.05) is 26.2 Å². The molecule has 0 aromatic carbocycles. The van der Waals surface area contributed by atoms with Gasteiger partial charge in [-0.3, -0.25) is 19.2 Å². The van der Waals surface area contributed by atoms with Crippen LogP contribution in [0.2, 0.25) is 0 Å². The molecule has 1 fully saturated rings. The SMILES string of the molecule is O=C(Cn1cccc(C(F)(F)F)c1=O)N1CCN(C(=O)Cn2cccc(C(F)(F)F)c2=O)CC1. The number of aromatic nitrogens is 2. The van der Waals surface area contributed by atoms with Gasteiger partial charge < -0.3 is 18.9 Å². The van der Waals surface area contributed by atoms with Gasteiger partial charge >= 0.3 is 12.4 Å². The van der Waals surface area contributed by atoms with Gasteiger partial charge in [0, 0.05) is 38.6 Å². The third kappa shape index (κ3) is 5.48. The summed E-state index contributed by atoms with van der Waals surface area (Å²) >= 11 is 0. The Hall–Kier alpha value is -3.58. The summed E-state index contributed by atoms with van der Waals surface area (Å²) in [5, 5.41) is 0. The molecule has 0 saturated carbocycles. The molecule has 14 heteroatoms. The fourth-order valence-electron chi connectivity index (χ4n) is 3.45. The lowest BCUT2D eigenvalue weighted by atomic mass is 10.2. The van der Waals surface area contributed by atoms with Crippen LogP contribution in [0, 0.1) is 0 Å². The van der Waals surface area contributed by atoms with E-state index in [4.69, 9.17) is 0 Å². The molecular formula is C20H18F6N4O4. The molecule has 8 nitrogen and oxygen atoms in total. The van der Waals surface area contributed by atoms with Crippen LogP contribution in [-0.2, 0) is 35.0 Å². The van der Waals surface area contributed by atoms with Gasteiger partial charge in [-0.15, -0.1) is 0 Å². The van der Waals surface area contributed by atoms with Crippen molar-refractivity contribution in [2.45, 2.75) is 25.4 Å². The van der Waals surface area contributed by atoms with Gasteiger partial charge in [0.25, 0.3) is 11.1 Å². The highest BCUT2D eigenvalue weighted by atomic mass is 19.4. The number of piperazine rings is 1. The van der Waals surface area contributed by atoms with Crippen molar-refractivity contribution in [2.24, 2.45) is 0 Å². The minimum atomic E-state index is -4.86. The van der Waals surface area contributed by atoms with Crippen LogP contribution in [-0.4, -0.2) is 56.9 Å². The highest BCUT2D eigenvalue weighted by molar-refractivity contribution is 5.78. The van der Waals surface area contributed by atoms with Gasteiger partial charge in [-0.2, -0.15) is 26.3 Å². The third-order valence-electron chi connectivity index (χ3n) is 5.25. The summed E-state index contributed by atoms with van der Waals surface area (Å²) in [6.07, 6.45) is -7.61. The molecule has 2 aromatic rings. The number of halogens is 6. The Labute approximate surface area is 187 Å². The van der Waals surface area contributed by atoms with Crippen molar-refractivity contribution in [3.05, 3.63) is 68.5 Å². The van der Waals surface area contributed by atoms with Crippen LogP contribution in [0.1, 0.15) is 11.1 Å². The molecule has 34 heavy (non-hydrogen) atoms. The number of rotatable bonds is 4. The van der Waals surface area contributed by atoms with Crippen molar-refractivity contribution in [1.82, 2.24) is 18.9 Å².